The first-order valence-electron chi connectivity index (χ1n) is 10.9. The van der Waals surface area contributed by atoms with Gasteiger partial charge >= 0.3 is 5.97 Å². The van der Waals surface area contributed by atoms with E-state index < -0.39 is 0 Å². The van der Waals surface area contributed by atoms with Crippen LogP contribution in [0.1, 0.15) is 24.0 Å². The van der Waals surface area contributed by atoms with E-state index >= 15 is 0 Å². The predicted octanol–water partition coefficient (Wildman–Crippen LogP) is 3.76. The fourth-order valence-electron chi connectivity index (χ4n) is 3.29. The van der Waals surface area contributed by atoms with Gasteiger partial charge in [0.25, 0.3) is 0 Å². The second-order valence-electron chi connectivity index (χ2n) is 7.96. The number of likely N-dealkylation sites (N-methyl/N-ethyl adjacent to an activating group) is 1. The predicted molar refractivity (Wildman–Crippen MR) is 131 cm³/mol. The molecule has 0 radical (unpaired) electrons. The van der Waals surface area contributed by atoms with Gasteiger partial charge in [-0.2, -0.15) is 0 Å². The summed E-state index contributed by atoms with van der Waals surface area (Å²) in [6.45, 7) is 0.890. The number of aryl methyl sites for hydroxylation is 2. The third-order valence-corrected chi connectivity index (χ3v) is 5.86. The minimum absolute atomic E-state index is 0.0532. The lowest BCUT2D eigenvalue weighted by Gasteiger charge is -2.23. The smallest absolute Gasteiger partial charge is 0.306 e. The third kappa shape index (κ3) is 9.51. The molecule has 2 N–H and O–H groups in total. The quantitative estimate of drug-likeness (QED) is 0.340. The molecule has 0 aliphatic carbocycles. The lowest BCUT2D eigenvalue weighted by molar-refractivity contribution is -0.151. The first-order chi connectivity index (χ1) is 15.4. The van der Waals surface area contributed by atoms with Crippen molar-refractivity contribution in [2.24, 2.45) is 5.73 Å². The van der Waals surface area contributed by atoms with Crippen LogP contribution in [0, 0.1) is 0 Å². The number of rotatable bonds is 14. The zero-order valence-corrected chi connectivity index (χ0v) is 20.4. The van der Waals surface area contributed by atoms with Gasteiger partial charge in [0, 0.05) is 13.0 Å². The van der Waals surface area contributed by atoms with Crippen molar-refractivity contribution in [1.82, 2.24) is 4.90 Å². The van der Waals surface area contributed by atoms with Crippen LogP contribution in [-0.4, -0.2) is 63.0 Å². The van der Waals surface area contributed by atoms with Crippen molar-refractivity contribution >= 4 is 17.7 Å². The maximum atomic E-state index is 12.3. The highest BCUT2D eigenvalue weighted by molar-refractivity contribution is 7.99. The number of thioether (sulfide) groups is 1. The maximum Gasteiger partial charge on any atom is 0.306 e. The van der Waals surface area contributed by atoms with Crippen molar-refractivity contribution in [2.75, 3.05) is 40.6 Å². The molecule has 6 nitrogen and oxygen atoms in total. The first kappa shape index (κ1) is 26.0. The Morgan fingerprint density at radius 2 is 1.91 bits per heavy atom. The highest BCUT2D eigenvalue weighted by Crippen LogP contribution is 2.22. The lowest BCUT2D eigenvalue weighted by atomic mass is 10.0. The highest BCUT2D eigenvalue weighted by Gasteiger charge is 2.18. The number of carbonyl (C=O) groups is 1. The van der Waals surface area contributed by atoms with Crippen molar-refractivity contribution < 1.29 is 19.0 Å². The number of methoxy groups -OCH3 is 1. The van der Waals surface area contributed by atoms with Gasteiger partial charge in [0.15, 0.2) is 0 Å². The van der Waals surface area contributed by atoms with E-state index in [1.165, 1.54) is 5.56 Å². The van der Waals surface area contributed by atoms with E-state index in [1.54, 1.807) is 18.9 Å². The van der Waals surface area contributed by atoms with Gasteiger partial charge in [0.2, 0.25) is 0 Å². The van der Waals surface area contributed by atoms with Crippen LogP contribution in [0.3, 0.4) is 0 Å². The molecule has 176 valence electrons. The van der Waals surface area contributed by atoms with Gasteiger partial charge in [-0.1, -0.05) is 30.3 Å². The molecule has 0 heterocycles. The normalized spacial score (nSPS) is 12.9. The number of nitrogens with two attached hydrogens (primary N) is 1. The Hall–Kier alpha value is -2.22. The van der Waals surface area contributed by atoms with Gasteiger partial charge < -0.3 is 24.8 Å². The monoisotopic (exact) mass is 460 g/mol. The number of carbonyl (C=O) groups excluding carboxylic acids is 1. The molecule has 0 unspecified atom stereocenters. The molecule has 0 saturated heterocycles. The van der Waals surface area contributed by atoms with Gasteiger partial charge in [-0.25, -0.2) is 0 Å². The van der Waals surface area contributed by atoms with Crippen molar-refractivity contribution in [2.45, 2.75) is 37.2 Å². The zero-order valence-electron chi connectivity index (χ0n) is 19.6. The molecular formula is C25H36N2O4S. The lowest BCUT2D eigenvalue weighted by Crippen LogP contribution is -2.35. The molecule has 0 aromatic heterocycles. The molecule has 0 fully saturated rings. The fraction of sp³-hybridized carbons (Fsp3) is 0.480. The Morgan fingerprint density at radius 1 is 1.12 bits per heavy atom. The number of para-hydroxylation sites is 1. The summed E-state index contributed by atoms with van der Waals surface area (Å²) >= 11 is 1.54. The molecule has 0 aliphatic rings. The summed E-state index contributed by atoms with van der Waals surface area (Å²) in [7, 11) is 5.58. The number of nitrogens with zero attached hydrogens (tertiary/aromatic N) is 1. The maximum absolute atomic E-state index is 12.3. The second kappa shape index (κ2) is 14.0. The van der Waals surface area contributed by atoms with Gasteiger partial charge in [0.1, 0.15) is 24.2 Å². The Balaban J connectivity index is 1.96. The largest absolute Gasteiger partial charge is 0.497 e. The average molecular weight is 461 g/mol. The number of hydrogen-bond acceptors (Lipinski definition) is 7. The zero-order chi connectivity index (χ0) is 23.3. The number of esters is 1. The summed E-state index contributed by atoms with van der Waals surface area (Å²) in [5.74, 6) is 1.44. The van der Waals surface area contributed by atoms with Crippen LogP contribution in [0.15, 0.2) is 48.5 Å². The van der Waals surface area contributed by atoms with Crippen LogP contribution in [0.25, 0.3) is 0 Å². The molecule has 2 rings (SSSR count). The minimum Gasteiger partial charge on any atom is -0.497 e. The van der Waals surface area contributed by atoms with Gasteiger partial charge in [0.05, 0.1) is 12.5 Å². The standard InChI is InChI=1S/C25H36N2O4S/c1-27(2)17-22(31-25(28)15-14-24(26)32-4)18-30-23-11-6-5-9-20(23)13-12-19-8-7-10-21(16-19)29-3/h5-11,16,22,24H,12-15,17-18,26H2,1-4H3/t22-,24-/m1/s1. The van der Waals surface area contributed by atoms with E-state index in [0.717, 1.165) is 29.9 Å². The van der Waals surface area contributed by atoms with Crippen LogP contribution < -0.4 is 15.2 Å². The van der Waals surface area contributed by atoms with Crippen molar-refractivity contribution in [3.05, 3.63) is 59.7 Å². The topological polar surface area (TPSA) is 74.0 Å². The van der Waals surface area contributed by atoms with Crippen LogP contribution >= 0.6 is 11.8 Å². The first-order valence-corrected chi connectivity index (χ1v) is 12.2. The van der Waals surface area contributed by atoms with Gasteiger partial charge in [-0.15, -0.1) is 11.8 Å². The molecule has 2 atom stereocenters. The molecule has 0 bridgehead atoms. The average Bonchev–Trinajstić information content (AvgIpc) is 2.79. The van der Waals surface area contributed by atoms with Crippen LogP contribution in [0.4, 0.5) is 0 Å². The molecule has 0 amide bonds. The Labute approximate surface area is 196 Å². The number of ether oxygens (including phenoxy) is 3. The minimum atomic E-state index is -0.352. The summed E-state index contributed by atoms with van der Waals surface area (Å²) in [6.07, 6.45) is 4.21. The Morgan fingerprint density at radius 3 is 2.62 bits per heavy atom. The number of benzene rings is 2. The van der Waals surface area contributed by atoms with Crippen molar-refractivity contribution in [3.8, 4) is 11.5 Å². The highest BCUT2D eigenvalue weighted by atomic mass is 32.2. The molecule has 2 aromatic rings. The van der Waals surface area contributed by atoms with Crippen LogP contribution in [-0.2, 0) is 22.4 Å². The van der Waals surface area contributed by atoms with Gasteiger partial charge in [-0.05, 0) is 68.9 Å². The summed E-state index contributed by atoms with van der Waals surface area (Å²) in [4.78, 5) is 14.3. The van der Waals surface area contributed by atoms with E-state index in [4.69, 9.17) is 19.9 Å². The Kier molecular flexibility index (Phi) is 11.4. The summed E-state index contributed by atoms with van der Waals surface area (Å²) in [5, 5.41) is -0.0532. The number of hydrogen-bond donors (Lipinski definition) is 1. The summed E-state index contributed by atoms with van der Waals surface area (Å²) < 4.78 is 17.1. The van der Waals surface area contributed by atoms with Gasteiger partial charge in [-0.3, -0.25) is 4.79 Å². The molecule has 0 aliphatic heterocycles. The van der Waals surface area contributed by atoms with E-state index in [1.807, 2.05) is 55.6 Å². The molecule has 32 heavy (non-hydrogen) atoms. The van der Waals surface area contributed by atoms with Crippen LogP contribution in [0.5, 0.6) is 11.5 Å². The van der Waals surface area contributed by atoms with E-state index in [-0.39, 0.29) is 17.4 Å². The molecular weight excluding hydrogens is 424 g/mol. The molecule has 0 saturated carbocycles. The summed E-state index contributed by atoms with van der Waals surface area (Å²) in [6, 6.07) is 16.1. The summed E-state index contributed by atoms with van der Waals surface area (Å²) in [5.41, 5.74) is 8.22. The molecule has 7 heteroatoms. The third-order valence-electron chi connectivity index (χ3n) is 5.02. The van der Waals surface area contributed by atoms with E-state index in [0.29, 0.717) is 26.0 Å². The fourth-order valence-corrected chi connectivity index (χ4v) is 3.65. The van der Waals surface area contributed by atoms with Crippen molar-refractivity contribution in [1.29, 1.82) is 0 Å². The van der Waals surface area contributed by atoms with Crippen molar-refractivity contribution in [3.63, 3.8) is 0 Å². The van der Waals surface area contributed by atoms with E-state index in [2.05, 4.69) is 18.2 Å². The molecule has 0 spiro atoms. The van der Waals surface area contributed by atoms with Crippen LogP contribution in [0.2, 0.25) is 0 Å². The Bertz CT molecular complexity index is 831. The van der Waals surface area contributed by atoms with E-state index in [9.17, 15) is 4.79 Å². The second-order valence-corrected chi connectivity index (χ2v) is 9.03. The SMILES string of the molecule is COc1cccc(CCc2ccccc2OC[C@@H](CN(C)C)OC(=O)CC[C@H](N)SC)c1. The molecule has 2 aromatic carbocycles.